The summed E-state index contributed by atoms with van der Waals surface area (Å²) in [6.45, 7) is 11.2. The molecule has 0 bridgehead atoms. The van der Waals surface area contributed by atoms with Crippen molar-refractivity contribution in [3.8, 4) is 0 Å². The lowest BCUT2D eigenvalue weighted by Gasteiger charge is -2.31. The van der Waals surface area contributed by atoms with Crippen LogP contribution in [-0.2, 0) is 19.1 Å². The van der Waals surface area contributed by atoms with Crippen LogP contribution in [0.3, 0.4) is 0 Å². The van der Waals surface area contributed by atoms with E-state index in [1.165, 1.54) is 6.92 Å². The van der Waals surface area contributed by atoms with Gasteiger partial charge < -0.3 is 14.6 Å². The number of ketones is 1. The molecule has 2 saturated carbocycles. The quantitative estimate of drug-likeness (QED) is 0.500. The number of carbonyl (C=O) groups is 3. The molecule has 0 amide bonds. The van der Waals surface area contributed by atoms with Crippen molar-refractivity contribution in [2.75, 3.05) is 0 Å². The molecule has 0 saturated heterocycles. The molecule has 3 aliphatic rings. The van der Waals surface area contributed by atoms with E-state index >= 15 is 0 Å². The van der Waals surface area contributed by atoms with Gasteiger partial charge >= 0.3 is 11.9 Å². The zero-order valence-corrected chi connectivity index (χ0v) is 21.4. The minimum absolute atomic E-state index is 0.0296. The molecule has 4 rings (SSSR count). The molecular weight excluding hydrogens is 444 g/mol. The number of carbonyl (C=O) groups excluding carboxylic acids is 3. The number of ether oxygens (including phenoxy) is 2. The van der Waals surface area contributed by atoms with Crippen molar-refractivity contribution in [1.29, 1.82) is 0 Å². The fourth-order valence-electron chi connectivity index (χ4n) is 6.20. The van der Waals surface area contributed by atoms with Crippen LogP contribution >= 0.6 is 0 Å². The number of aliphatic hydroxyl groups is 1. The summed E-state index contributed by atoms with van der Waals surface area (Å²) in [5.74, 6) is -1.81. The van der Waals surface area contributed by atoms with Crippen LogP contribution in [-0.4, -0.2) is 40.6 Å². The number of esters is 2. The molecule has 188 valence electrons. The Bertz CT molecular complexity index is 1080. The largest absolute Gasteiger partial charge is 0.458 e. The van der Waals surface area contributed by atoms with Crippen molar-refractivity contribution in [1.82, 2.24) is 0 Å². The van der Waals surface area contributed by atoms with Gasteiger partial charge in [-0.25, -0.2) is 4.79 Å². The van der Waals surface area contributed by atoms with Crippen molar-refractivity contribution < 1.29 is 29.0 Å². The van der Waals surface area contributed by atoms with Gasteiger partial charge in [0.1, 0.15) is 17.8 Å². The number of allylic oxidation sites excluding steroid dienone is 1. The van der Waals surface area contributed by atoms with E-state index in [1.807, 2.05) is 26.0 Å². The highest BCUT2D eigenvalue weighted by molar-refractivity contribution is 6.02. The number of Topliss-reactive ketones (excluding diaryl/α,β-unsaturated/α-hetero) is 1. The molecule has 6 heteroatoms. The first-order valence-electron chi connectivity index (χ1n) is 12.4. The Morgan fingerprint density at radius 1 is 1.03 bits per heavy atom. The zero-order chi connectivity index (χ0) is 25.7. The Hall–Kier alpha value is -2.73. The first-order chi connectivity index (χ1) is 16.4. The smallest absolute Gasteiger partial charge is 0.338 e. The summed E-state index contributed by atoms with van der Waals surface area (Å²) in [5, 5.41) is 11.9. The van der Waals surface area contributed by atoms with Crippen LogP contribution in [0.25, 0.3) is 0 Å². The molecule has 6 nitrogen and oxygen atoms in total. The van der Waals surface area contributed by atoms with Crippen LogP contribution in [0.15, 0.2) is 53.6 Å². The van der Waals surface area contributed by atoms with Gasteiger partial charge in [0.15, 0.2) is 5.78 Å². The predicted octanol–water partition coefficient (Wildman–Crippen LogP) is 4.67. The molecule has 0 radical (unpaired) electrons. The third-order valence-corrected chi connectivity index (χ3v) is 8.40. The van der Waals surface area contributed by atoms with Crippen molar-refractivity contribution in [2.24, 2.45) is 29.1 Å². The average Bonchev–Trinajstić information content (AvgIpc) is 3.20. The Morgan fingerprint density at radius 3 is 2.31 bits per heavy atom. The van der Waals surface area contributed by atoms with Gasteiger partial charge in [-0.05, 0) is 73.1 Å². The van der Waals surface area contributed by atoms with E-state index in [9.17, 15) is 19.5 Å². The first kappa shape index (κ1) is 25.4. The second-order valence-corrected chi connectivity index (χ2v) is 11.2. The van der Waals surface area contributed by atoms with Crippen LogP contribution < -0.4 is 0 Å². The number of fused-ring (bicyclic) bond motifs is 2. The van der Waals surface area contributed by atoms with Gasteiger partial charge in [-0.1, -0.05) is 51.1 Å². The Morgan fingerprint density at radius 2 is 1.69 bits per heavy atom. The molecule has 0 spiro atoms. The summed E-state index contributed by atoms with van der Waals surface area (Å²) in [4.78, 5) is 38.6. The van der Waals surface area contributed by atoms with Crippen LogP contribution in [0.2, 0.25) is 0 Å². The highest BCUT2D eigenvalue weighted by Gasteiger charge is 2.60. The molecule has 1 aromatic rings. The maximum Gasteiger partial charge on any atom is 0.338 e. The van der Waals surface area contributed by atoms with Gasteiger partial charge in [-0.15, -0.1) is 0 Å². The Balaban J connectivity index is 1.76. The summed E-state index contributed by atoms with van der Waals surface area (Å²) in [5.41, 5.74) is -0.0552. The lowest BCUT2D eigenvalue weighted by molar-refractivity contribution is -0.145. The fraction of sp³-hybridized carbons (Fsp3) is 0.552. The highest BCUT2D eigenvalue weighted by atomic mass is 16.5. The van der Waals surface area contributed by atoms with E-state index in [2.05, 4.69) is 13.8 Å². The van der Waals surface area contributed by atoms with E-state index in [0.29, 0.717) is 17.6 Å². The minimum atomic E-state index is -1.72. The standard InChI is InChI=1S/C29H36O6/c1-16-12-23-25(35-27(32)20-10-8-7-9-11-20)18(3)15-29(23,33)26(31)17(2)13-21-22(28(21,5)6)14-24(16)34-19(4)30/h7-13,18,21-25,33H,14-15H2,1-6H3/b16-12?,17-13+/t18-,21+,22-,23+,24-,25+,29-/m1/s1. The summed E-state index contributed by atoms with van der Waals surface area (Å²) < 4.78 is 11.6. The SMILES string of the molecule is CC(=O)O[C@@H]1C[C@@H]2[C@H](/C=C(\C)C(=O)[C@@]3(O)C[C@@H](C)[C@H](OC(=O)c4ccccc4)[C@@H]3C=C1C)C2(C)C. The second-order valence-electron chi connectivity index (χ2n) is 11.2. The molecule has 0 unspecified atom stereocenters. The summed E-state index contributed by atoms with van der Waals surface area (Å²) in [7, 11) is 0. The molecule has 0 heterocycles. The Labute approximate surface area is 207 Å². The monoisotopic (exact) mass is 480 g/mol. The highest BCUT2D eigenvalue weighted by Crippen LogP contribution is 2.62. The lowest BCUT2D eigenvalue weighted by atomic mass is 9.81. The van der Waals surface area contributed by atoms with E-state index in [1.54, 1.807) is 37.3 Å². The van der Waals surface area contributed by atoms with Gasteiger partial charge in [-0.3, -0.25) is 9.59 Å². The van der Waals surface area contributed by atoms with Crippen molar-refractivity contribution in [2.45, 2.75) is 72.2 Å². The molecule has 1 aromatic carbocycles. The van der Waals surface area contributed by atoms with Crippen molar-refractivity contribution in [3.05, 3.63) is 59.2 Å². The second kappa shape index (κ2) is 9.05. The normalized spacial score (nSPS) is 37.5. The van der Waals surface area contributed by atoms with Gasteiger partial charge in [0.2, 0.25) is 0 Å². The first-order valence-corrected chi connectivity index (χ1v) is 12.4. The summed E-state index contributed by atoms with van der Waals surface area (Å²) in [6, 6.07) is 8.69. The van der Waals surface area contributed by atoms with Crippen LogP contribution in [0.5, 0.6) is 0 Å². The van der Waals surface area contributed by atoms with Crippen LogP contribution in [0.1, 0.15) is 64.7 Å². The van der Waals surface area contributed by atoms with Crippen molar-refractivity contribution in [3.63, 3.8) is 0 Å². The number of hydrogen-bond donors (Lipinski definition) is 1. The number of rotatable bonds is 3. The fourth-order valence-corrected chi connectivity index (χ4v) is 6.20. The third kappa shape index (κ3) is 4.61. The molecule has 3 aliphatic carbocycles. The van der Waals surface area contributed by atoms with E-state index in [0.717, 1.165) is 5.57 Å². The number of hydrogen-bond acceptors (Lipinski definition) is 6. The summed E-state index contributed by atoms with van der Waals surface area (Å²) >= 11 is 0. The van der Waals surface area contributed by atoms with E-state index < -0.39 is 29.7 Å². The molecule has 0 aliphatic heterocycles. The molecular formula is C29H36O6. The van der Waals surface area contributed by atoms with E-state index in [-0.39, 0.29) is 41.3 Å². The Kier molecular flexibility index (Phi) is 6.56. The van der Waals surface area contributed by atoms with E-state index in [4.69, 9.17) is 9.47 Å². The summed E-state index contributed by atoms with van der Waals surface area (Å²) in [6.07, 6.45) is 3.40. The zero-order valence-electron chi connectivity index (χ0n) is 21.4. The molecule has 7 atom stereocenters. The van der Waals surface area contributed by atoms with Gasteiger partial charge in [0, 0.05) is 6.92 Å². The van der Waals surface area contributed by atoms with Crippen LogP contribution in [0, 0.1) is 29.1 Å². The average molecular weight is 481 g/mol. The van der Waals surface area contributed by atoms with Gasteiger partial charge in [-0.2, -0.15) is 0 Å². The third-order valence-electron chi connectivity index (χ3n) is 8.40. The van der Waals surface area contributed by atoms with Gasteiger partial charge in [0.25, 0.3) is 0 Å². The van der Waals surface area contributed by atoms with Gasteiger partial charge in [0.05, 0.1) is 11.5 Å². The minimum Gasteiger partial charge on any atom is -0.458 e. The maximum atomic E-state index is 13.7. The lowest BCUT2D eigenvalue weighted by Crippen LogP contribution is -2.45. The number of benzene rings is 1. The molecule has 1 N–H and O–H groups in total. The maximum absolute atomic E-state index is 13.7. The predicted molar refractivity (Wildman–Crippen MR) is 131 cm³/mol. The van der Waals surface area contributed by atoms with Crippen LogP contribution in [0.4, 0.5) is 0 Å². The molecule has 0 aromatic heterocycles. The molecule has 35 heavy (non-hydrogen) atoms. The van der Waals surface area contributed by atoms with Crippen molar-refractivity contribution >= 4 is 17.7 Å². The topological polar surface area (TPSA) is 89.9 Å². The molecule has 2 fully saturated rings.